The Hall–Kier alpha value is -2.67. The van der Waals surface area contributed by atoms with Crippen LogP contribution in [-0.2, 0) is 9.53 Å². The number of hydrogen-bond acceptors (Lipinski definition) is 5. The van der Waals surface area contributed by atoms with Gasteiger partial charge in [-0.3, -0.25) is 14.5 Å². The third-order valence-electron chi connectivity index (χ3n) is 3.64. The number of benzene rings is 2. The number of carbonyl (C=O) groups is 3. The van der Waals surface area contributed by atoms with E-state index in [4.69, 9.17) is 9.47 Å². The lowest BCUT2D eigenvalue weighted by Gasteiger charge is -2.14. The number of halogens is 1. The van der Waals surface area contributed by atoms with Crippen molar-refractivity contribution >= 4 is 33.7 Å². The molecular formula is C18H14BrNO5. The molecule has 2 aromatic carbocycles. The predicted octanol–water partition coefficient (Wildman–Crippen LogP) is 2.67. The Morgan fingerprint density at radius 3 is 2.20 bits per heavy atom. The molecule has 0 fully saturated rings. The van der Waals surface area contributed by atoms with Gasteiger partial charge in [-0.25, -0.2) is 4.79 Å². The number of carbonyl (C=O) groups excluding carboxylic acids is 3. The molecule has 25 heavy (non-hydrogen) atoms. The van der Waals surface area contributed by atoms with Crippen LogP contribution in [0.2, 0.25) is 0 Å². The van der Waals surface area contributed by atoms with Gasteiger partial charge in [-0.15, -0.1) is 0 Å². The van der Waals surface area contributed by atoms with E-state index in [0.29, 0.717) is 16.9 Å². The fourth-order valence-corrected chi connectivity index (χ4v) is 2.83. The zero-order chi connectivity index (χ0) is 17.8. The lowest BCUT2D eigenvalue weighted by Crippen LogP contribution is -2.33. The van der Waals surface area contributed by atoms with Crippen molar-refractivity contribution in [1.29, 1.82) is 0 Å². The number of esters is 1. The predicted molar refractivity (Wildman–Crippen MR) is 92.4 cm³/mol. The largest absolute Gasteiger partial charge is 0.481 e. The van der Waals surface area contributed by atoms with Crippen molar-refractivity contribution in [3.05, 3.63) is 64.1 Å². The van der Waals surface area contributed by atoms with E-state index < -0.39 is 5.97 Å². The van der Waals surface area contributed by atoms with Crippen molar-refractivity contribution in [2.75, 3.05) is 19.8 Å². The summed E-state index contributed by atoms with van der Waals surface area (Å²) in [6, 6.07) is 13.7. The van der Waals surface area contributed by atoms with Crippen molar-refractivity contribution in [3.63, 3.8) is 0 Å². The SMILES string of the molecule is O=C(COc1ccccc1Br)OCCN1C(=O)c2ccccc2C1=O. The normalized spacial score (nSPS) is 12.9. The molecule has 0 saturated heterocycles. The van der Waals surface area contributed by atoms with Gasteiger partial charge in [0, 0.05) is 0 Å². The zero-order valence-electron chi connectivity index (χ0n) is 13.1. The molecule has 1 aliphatic rings. The topological polar surface area (TPSA) is 72.9 Å². The molecule has 0 spiro atoms. The van der Waals surface area contributed by atoms with Gasteiger partial charge in [0.05, 0.1) is 22.1 Å². The van der Waals surface area contributed by atoms with E-state index in [2.05, 4.69) is 15.9 Å². The van der Waals surface area contributed by atoms with Gasteiger partial charge in [0.15, 0.2) is 6.61 Å². The van der Waals surface area contributed by atoms with E-state index in [9.17, 15) is 14.4 Å². The van der Waals surface area contributed by atoms with Crippen LogP contribution in [0.25, 0.3) is 0 Å². The van der Waals surface area contributed by atoms with Crippen LogP contribution in [0.5, 0.6) is 5.75 Å². The van der Waals surface area contributed by atoms with Gasteiger partial charge in [-0.2, -0.15) is 0 Å². The van der Waals surface area contributed by atoms with Crippen LogP contribution in [0, 0.1) is 0 Å². The summed E-state index contributed by atoms with van der Waals surface area (Å²) in [5.41, 5.74) is 0.743. The van der Waals surface area contributed by atoms with Crippen LogP contribution < -0.4 is 4.74 Å². The summed E-state index contributed by atoms with van der Waals surface area (Å²) in [5, 5.41) is 0. The van der Waals surface area contributed by atoms with Crippen molar-refractivity contribution in [2.45, 2.75) is 0 Å². The summed E-state index contributed by atoms with van der Waals surface area (Å²) in [4.78, 5) is 37.1. The molecule has 2 aromatic rings. The Bertz CT molecular complexity index is 801. The average Bonchev–Trinajstić information content (AvgIpc) is 2.86. The highest BCUT2D eigenvalue weighted by atomic mass is 79.9. The molecule has 7 heteroatoms. The Morgan fingerprint density at radius 2 is 1.56 bits per heavy atom. The first-order valence-corrected chi connectivity index (χ1v) is 8.35. The fraction of sp³-hybridized carbons (Fsp3) is 0.167. The van der Waals surface area contributed by atoms with Gasteiger partial charge < -0.3 is 9.47 Å². The molecule has 1 heterocycles. The maximum atomic E-state index is 12.2. The fourth-order valence-electron chi connectivity index (χ4n) is 2.43. The molecule has 2 amide bonds. The number of rotatable bonds is 6. The number of imide groups is 1. The number of para-hydroxylation sites is 1. The van der Waals surface area contributed by atoms with Gasteiger partial charge >= 0.3 is 5.97 Å². The first kappa shape index (κ1) is 17.2. The minimum absolute atomic E-state index is 0.00706. The lowest BCUT2D eigenvalue weighted by molar-refractivity contribution is -0.146. The second kappa shape index (κ2) is 7.48. The second-order valence-electron chi connectivity index (χ2n) is 5.25. The summed E-state index contributed by atoms with van der Waals surface area (Å²) in [5.74, 6) is -0.797. The first-order valence-electron chi connectivity index (χ1n) is 7.56. The molecule has 0 atom stereocenters. The van der Waals surface area contributed by atoms with Crippen molar-refractivity contribution in [3.8, 4) is 5.75 Å². The van der Waals surface area contributed by atoms with Crippen LogP contribution in [0.4, 0.5) is 0 Å². The molecule has 6 nitrogen and oxygen atoms in total. The Morgan fingerprint density at radius 1 is 0.960 bits per heavy atom. The Balaban J connectivity index is 1.47. The highest BCUT2D eigenvalue weighted by Gasteiger charge is 2.34. The lowest BCUT2D eigenvalue weighted by atomic mass is 10.1. The highest BCUT2D eigenvalue weighted by Crippen LogP contribution is 2.24. The molecule has 3 rings (SSSR count). The summed E-state index contributed by atoms with van der Waals surface area (Å²) in [7, 11) is 0. The van der Waals surface area contributed by atoms with Crippen LogP contribution in [-0.4, -0.2) is 42.4 Å². The molecule has 0 saturated carbocycles. The smallest absolute Gasteiger partial charge is 0.344 e. The third-order valence-corrected chi connectivity index (χ3v) is 4.29. The van der Waals surface area contributed by atoms with Crippen molar-refractivity contribution in [1.82, 2.24) is 4.90 Å². The Kier molecular flexibility index (Phi) is 5.14. The Labute approximate surface area is 152 Å². The van der Waals surface area contributed by atoms with E-state index in [1.807, 2.05) is 6.07 Å². The van der Waals surface area contributed by atoms with Gasteiger partial charge in [0.25, 0.3) is 11.8 Å². The van der Waals surface area contributed by atoms with Crippen LogP contribution in [0.1, 0.15) is 20.7 Å². The molecular weight excluding hydrogens is 390 g/mol. The zero-order valence-corrected chi connectivity index (χ0v) is 14.7. The molecule has 0 aromatic heterocycles. The first-order chi connectivity index (χ1) is 12.1. The minimum atomic E-state index is -0.577. The molecule has 0 N–H and O–H groups in total. The summed E-state index contributed by atoms with van der Waals surface area (Å²) in [6.45, 7) is -0.332. The second-order valence-corrected chi connectivity index (χ2v) is 6.10. The van der Waals surface area contributed by atoms with Crippen LogP contribution in [0.3, 0.4) is 0 Å². The number of nitrogens with zero attached hydrogens (tertiary/aromatic N) is 1. The maximum absolute atomic E-state index is 12.2. The maximum Gasteiger partial charge on any atom is 0.344 e. The number of amides is 2. The van der Waals surface area contributed by atoms with Gasteiger partial charge in [-0.1, -0.05) is 24.3 Å². The van der Waals surface area contributed by atoms with E-state index >= 15 is 0 Å². The summed E-state index contributed by atoms with van der Waals surface area (Å²) >= 11 is 3.31. The molecule has 128 valence electrons. The molecule has 0 radical (unpaired) electrons. The quantitative estimate of drug-likeness (QED) is 0.547. The molecule has 0 aliphatic carbocycles. The van der Waals surface area contributed by atoms with Gasteiger partial charge in [-0.05, 0) is 40.2 Å². The van der Waals surface area contributed by atoms with E-state index in [1.165, 1.54) is 0 Å². The molecule has 1 aliphatic heterocycles. The number of ether oxygens (including phenoxy) is 2. The van der Waals surface area contributed by atoms with Gasteiger partial charge in [0.2, 0.25) is 0 Å². The van der Waals surface area contributed by atoms with Crippen LogP contribution >= 0.6 is 15.9 Å². The number of hydrogen-bond donors (Lipinski definition) is 0. The third kappa shape index (κ3) is 3.71. The van der Waals surface area contributed by atoms with Gasteiger partial charge in [0.1, 0.15) is 12.4 Å². The minimum Gasteiger partial charge on any atom is -0.481 e. The standard InChI is InChI=1S/C18H14BrNO5/c19-14-7-3-4-8-15(14)25-11-16(21)24-10-9-20-17(22)12-5-1-2-6-13(12)18(20)23/h1-8H,9-11H2. The molecule has 0 bridgehead atoms. The van der Waals surface area contributed by atoms with E-state index in [1.54, 1.807) is 42.5 Å². The van der Waals surface area contributed by atoms with Crippen LogP contribution in [0.15, 0.2) is 53.0 Å². The van der Waals surface area contributed by atoms with Crippen molar-refractivity contribution < 1.29 is 23.9 Å². The number of fused-ring (bicyclic) bond motifs is 1. The summed E-state index contributed by atoms with van der Waals surface area (Å²) in [6.07, 6.45) is 0. The average molecular weight is 404 g/mol. The monoisotopic (exact) mass is 403 g/mol. The van der Waals surface area contributed by atoms with Crippen molar-refractivity contribution in [2.24, 2.45) is 0 Å². The van der Waals surface area contributed by atoms with E-state index in [-0.39, 0.29) is 31.6 Å². The summed E-state index contributed by atoms with van der Waals surface area (Å²) < 4.78 is 11.1. The molecule has 0 unspecified atom stereocenters. The van der Waals surface area contributed by atoms with E-state index in [0.717, 1.165) is 9.37 Å². The highest BCUT2D eigenvalue weighted by molar-refractivity contribution is 9.10.